The molecule has 42 heavy (non-hydrogen) atoms. The molecule has 2 amide bonds. The molecule has 0 unspecified atom stereocenters. The first-order valence-electron chi connectivity index (χ1n) is 12.7. The number of methoxy groups -OCH3 is 1. The van der Waals surface area contributed by atoms with E-state index in [0.29, 0.717) is 60.0 Å². The van der Waals surface area contributed by atoms with Gasteiger partial charge in [0.1, 0.15) is 16.7 Å². The molecule has 0 aliphatic carbocycles. The first-order valence-corrected chi connectivity index (χ1v) is 14.8. The Bertz CT molecular complexity index is 1630. The highest BCUT2D eigenvalue weighted by atomic mass is 35.5. The number of aliphatic imine (C=N–C) groups is 1. The number of carbonyl (C=O) groups is 3. The zero-order valence-corrected chi connectivity index (χ0v) is 24.4. The Balaban J connectivity index is 1.29. The number of aromatic carboxylic acids is 1. The molecule has 16 heteroatoms. The molecule has 0 bridgehead atoms. The Morgan fingerprint density at radius 1 is 1.26 bits per heavy atom. The van der Waals surface area contributed by atoms with Gasteiger partial charge < -0.3 is 20.1 Å². The van der Waals surface area contributed by atoms with E-state index >= 15 is 0 Å². The molecular formula is C26H23ClFN7O5S2. The lowest BCUT2D eigenvalue weighted by molar-refractivity contribution is -0.136. The zero-order chi connectivity index (χ0) is 29.5. The molecule has 2 atom stereocenters. The summed E-state index contributed by atoms with van der Waals surface area (Å²) in [5.74, 6) is -1.77. The third-order valence-corrected chi connectivity index (χ3v) is 9.29. The number of ether oxygens (including phenoxy) is 1. The predicted molar refractivity (Wildman–Crippen MR) is 154 cm³/mol. The molecule has 0 spiro atoms. The summed E-state index contributed by atoms with van der Waals surface area (Å²) in [4.78, 5) is 56.3. The van der Waals surface area contributed by atoms with Crippen LogP contribution in [0.5, 0.6) is 0 Å². The number of anilines is 1. The number of carboxylic acids is 1. The van der Waals surface area contributed by atoms with Crippen LogP contribution in [0.4, 0.5) is 14.3 Å². The summed E-state index contributed by atoms with van der Waals surface area (Å²) < 4.78 is 19.1. The number of piperazine rings is 1. The Labute approximate surface area is 251 Å². The third-order valence-electron chi connectivity index (χ3n) is 7.18. The van der Waals surface area contributed by atoms with Gasteiger partial charge in [0.15, 0.2) is 16.0 Å². The zero-order valence-electron chi connectivity index (χ0n) is 22.0. The Hall–Kier alpha value is -3.92. The highest BCUT2D eigenvalue weighted by Gasteiger charge is 2.43. The Kier molecular flexibility index (Phi) is 7.66. The summed E-state index contributed by atoms with van der Waals surface area (Å²) in [5, 5.41) is 15.4. The van der Waals surface area contributed by atoms with Crippen molar-refractivity contribution in [2.24, 2.45) is 4.99 Å². The minimum absolute atomic E-state index is 0.0588. The average molecular weight is 632 g/mol. The molecule has 3 aliphatic rings. The van der Waals surface area contributed by atoms with Crippen LogP contribution in [0.1, 0.15) is 26.3 Å². The molecule has 1 aromatic carbocycles. The van der Waals surface area contributed by atoms with Crippen LogP contribution < -0.4 is 10.2 Å². The number of amidine groups is 1. The van der Waals surface area contributed by atoms with Gasteiger partial charge in [0.2, 0.25) is 0 Å². The lowest BCUT2D eigenvalue weighted by Gasteiger charge is -2.38. The van der Waals surface area contributed by atoms with Crippen LogP contribution in [0.3, 0.4) is 0 Å². The molecule has 0 radical (unpaired) electrons. The second kappa shape index (κ2) is 11.4. The number of carbonyl (C=O) groups excluding carboxylic acids is 2. The lowest BCUT2D eigenvalue weighted by Crippen LogP contribution is -2.53. The van der Waals surface area contributed by atoms with E-state index in [1.165, 1.54) is 47.7 Å². The van der Waals surface area contributed by atoms with Crippen molar-refractivity contribution in [3.63, 3.8) is 0 Å². The molecular weight excluding hydrogens is 609 g/mol. The summed E-state index contributed by atoms with van der Waals surface area (Å²) in [5.41, 5.74) is 1.22. The molecule has 2 aromatic heterocycles. The topological polar surface area (TPSA) is 141 Å². The van der Waals surface area contributed by atoms with Crippen molar-refractivity contribution in [1.29, 1.82) is 0 Å². The van der Waals surface area contributed by atoms with Crippen LogP contribution in [0, 0.1) is 5.82 Å². The van der Waals surface area contributed by atoms with E-state index in [1.807, 2.05) is 5.38 Å². The molecule has 218 valence electrons. The third kappa shape index (κ3) is 5.24. The standard InChI is InChI=1S/C26H23ClFN7O5S2/c1-40-24(38)19-17(31-21(22-29-4-7-41-22)32-20(19)15-3-2-13(28)8-16(15)27)12-33-5-6-34-14(10-33)11-35(26(34)39)25-30-9-18(42-25)23(36)37/h2-4,7-9,14,20H,5-6,10-12H2,1H3,(H,31,32)(H,36,37)/t14-,20-/m0/s1. The monoisotopic (exact) mass is 631 g/mol. The maximum Gasteiger partial charge on any atom is 0.347 e. The predicted octanol–water partition coefficient (Wildman–Crippen LogP) is 3.23. The van der Waals surface area contributed by atoms with Crippen LogP contribution in [0.25, 0.3) is 0 Å². The van der Waals surface area contributed by atoms with Gasteiger partial charge in [0, 0.05) is 54.0 Å². The number of nitrogens with zero attached hydrogens (tertiary/aromatic N) is 6. The van der Waals surface area contributed by atoms with Crippen LogP contribution in [0.2, 0.25) is 5.02 Å². The molecule has 2 saturated heterocycles. The number of carboxylic acid groups (broad SMARTS) is 1. The number of amides is 2. The van der Waals surface area contributed by atoms with Gasteiger partial charge in [-0.2, -0.15) is 0 Å². The van der Waals surface area contributed by atoms with Crippen LogP contribution >= 0.6 is 34.3 Å². The van der Waals surface area contributed by atoms with Gasteiger partial charge in [-0.15, -0.1) is 11.3 Å². The van der Waals surface area contributed by atoms with E-state index in [1.54, 1.807) is 11.1 Å². The average Bonchev–Trinajstić information content (AvgIpc) is 3.73. The van der Waals surface area contributed by atoms with Gasteiger partial charge in [0.25, 0.3) is 0 Å². The van der Waals surface area contributed by atoms with Crippen molar-refractivity contribution < 1.29 is 28.6 Å². The van der Waals surface area contributed by atoms with Crippen molar-refractivity contribution in [1.82, 2.24) is 25.1 Å². The number of thiazole rings is 2. The van der Waals surface area contributed by atoms with Gasteiger partial charge in [0.05, 0.1) is 31.5 Å². The van der Waals surface area contributed by atoms with E-state index in [9.17, 15) is 23.9 Å². The number of benzene rings is 1. The molecule has 6 rings (SSSR count). The first kappa shape index (κ1) is 28.2. The summed E-state index contributed by atoms with van der Waals surface area (Å²) in [6.07, 6.45) is 2.90. The van der Waals surface area contributed by atoms with Crippen LogP contribution in [-0.4, -0.2) is 94.6 Å². The van der Waals surface area contributed by atoms with Gasteiger partial charge in [-0.25, -0.2) is 28.7 Å². The number of aromatic nitrogens is 2. The van der Waals surface area contributed by atoms with Crippen molar-refractivity contribution >= 4 is 63.2 Å². The fraction of sp³-hybridized carbons (Fsp3) is 0.308. The summed E-state index contributed by atoms with van der Waals surface area (Å²) in [7, 11) is 1.28. The number of nitrogens with one attached hydrogen (secondary N) is 1. The molecule has 3 aliphatic heterocycles. The van der Waals surface area contributed by atoms with Crippen molar-refractivity contribution in [3.8, 4) is 0 Å². The number of hydrogen-bond donors (Lipinski definition) is 2. The van der Waals surface area contributed by atoms with Gasteiger partial charge in [-0.3, -0.25) is 14.8 Å². The molecule has 12 nitrogen and oxygen atoms in total. The van der Waals surface area contributed by atoms with Crippen molar-refractivity contribution in [2.45, 2.75) is 12.1 Å². The van der Waals surface area contributed by atoms with Crippen molar-refractivity contribution in [2.75, 3.05) is 44.7 Å². The largest absolute Gasteiger partial charge is 0.477 e. The van der Waals surface area contributed by atoms with E-state index in [-0.39, 0.29) is 27.5 Å². The lowest BCUT2D eigenvalue weighted by atomic mass is 9.95. The molecule has 5 heterocycles. The van der Waals surface area contributed by atoms with Crippen LogP contribution in [-0.2, 0) is 9.53 Å². The molecule has 2 fully saturated rings. The van der Waals surface area contributed by atoms with Crippen LogP contribution in [0.15, 0.2) is 52.2 Å². The fourth-order valence-electron chi connectivity index (χ4n) is 5.26. The van der Waals surface area contributed by atoms with E-state index < -0.39 is 23.8 Å². The number of hydrogen-bond acceptors (Lipinski definition) is 11. The van der Waals surface area contributed by atoms with Gasteiger partial charge in [-0.1, -0.05) is 29.0 Å². The van der Waals surface area contributed by atoms with E-state index in [2.05, 4.69) is 20.2 Å². The van der Waals surface area contributed by atoms with Crippen molar-refractivity contribution in [3.05, 3.63) is 73.5 Å². The normalized spacial score (nSPS) is 20.8. The molecule has 0 saturated carbocycles. The smallest absolute Gasteiger partial charge is 0.347 e. The highest BCUT2D eigenvalue weighted by molar-refractivity contribution is 7.17. The minimum atomic E-state index is -1.09. The summed E-state index contributed by atoms with van der Waals surface area (Å²) in [6.45, 7) is 2.07. The first-order chi connectivity index (χ1) is 20.2. The second-order valence-electron chi connectivity index (χ2n) is 9.68. The van der Waals surface area contributed by atoms with E-state index in [4.69, 9.17) is 21.3 Å². The maximum absolute atomic E-state index is 13.9. The summed E-state index contributed by atoms with van der Waals surface area (Å²) >= 11 is 8.76. The number of urea groups is 1. The van der Waals surface area contributed by atoms with Gasteiger partial charge in [-0.05, 0) is 12.1 Å². The Morgan fingerprint density at radius 3 is 2.79 bits per heavy atom. The maximum atomic E-state index is 13.9. The quantitative estimate of drug-likeness (QED) is 0.376. The Morgan fingerprint density at radius 2 is 2.10 bits per heavy atom. The minimum Gasteiger partial charge on any atom is -0.477 e. The molecule has 3 aromatic rings. The SMILES string of the molecule is COC(=O)C1=C(CN2CCN3C(=O)N(c4ncc(C(=O)O)s4)C[C@@H]3C2)NC(c2nccs2)=N[C@H]1c1ccc(F)cc1Cl. The second-order valence-corrected chi connectivity index (χ2v) is 12.0. The number of rotatable bonds is 7. The fourth-order valence-corrected chi connectivity index (χ4v) is 6.87. The summed E-state index contributed by atoms with van der Waals surface area (Å²) in [6, 6.07) is 2.67. The highest BCUT2D eigenvalue weighted by Crippen LogP contribution is 2.37. The number of esters is 1. The molecule has 2 N–H and O–H groups in total. The van der Waals surface area contributed by atoms with E-state index in [0.717, 1.165) is 11.3 Å². The number of fused-ring (bicyclic) bond motifs is 1. The number of halogens is 2. The van der Waals surface area contributed by atoms with Gasteiger partial charge >= 0.3 is 18.0 Å².